The molecule has 0 unspecified atom stereocenters. The van der Waals surface area contributed by atoms with Crippen molar-refractivity contribution in [3.05, 3.63) is 17.5 Å². The first-order valence-corrected chi connectivity index (χ1v) is 6.24. The van der Waals surface area contributed by atoms with Gasteiger partial charge in [0.25, 0.3) is 0 Å². The normalized spacial score (nSPS) is 21.8. The lowest BCUT2D eigenvalue weighted by Crippen LogP contribution is -2.29. The molecular formula is C12H21N3O. The fourth-order valence-corrected chi connectivity index (χ4v) is 2.44. The van der Waals surface area contributed by atoms with Gasteiger partial charge in [0, 0.05) is 25.6 Å². The van der Waals surface area contributed by atoms with E-state index in [9.17, 15) is 0 Å². The van der Waals surface area contributed by atoms with Gasteiger partial charge in [0.1, 0.15) is 11.5 Å². The van der Waals surface area contributed by atoms with Crippen molar-refractivity contribution in [1.29, 1.82) is 0 Å². The molecule has 4 nitrogen and oxygen atoms in total. The Hall–Kier alpha value is -0.870. The van der Waals surface area contributed by atoms with Crippen molar-refractivity contribution in [2.75, 3.05) is 19.6 Å². The van der Waals surface area contributed by atoms with Gasteiger partial charge in [0.15, 0.2) is 0 Å². The van der Waals surface area contributed by atoms with Gasteiger partial charge in [-0.3, -0.25) is 4.90 Å². The maximum Gasteiger partial charge on any atom is 0.137 e. The molecule has 2 heterocycles. The summed E-state index contributed by atoms with van der Waals surface area (Å²) in [6.45, 7) is 4.97. The third kappa shape index (κ3) is 2.44. The van der Waals surface area contributed by atoms with Crippen LogP contribution >= 0.6 is 0 Å². The van der Waals surface area contributed by atoms with Crippen LogP contribution in [0.15, 0.2) is 10.6 Å². The van der Waals surface area contributed by atoms with E-state index in [-0.39, 0.29) is 0 Å². The Morgan fingerprint density at radius 1 is 1.62 bits per heavy atom. The Morgan fingerprint density at radius 3 is 3.25 bits per heavy atom. The zero-order valence-corrected chi connectivity index (χ0v) is 9.98. The lowest BCUT2D eigenvalue weighted by molar-refractivity contribution is 0.251. The van der Waals surface area contributed by atoms with Crippen LogP contribution in [0.4, 0.5) is 0 Å². The van der Waals surface area contributed by atoms with E-state index in [0.717, 1.165) is 43.9 Å². The number of nitrogens with two attached hydrogens (primary N) is 1. The number of aryl methyl sites for hydroxylation is 1. The van der Waals surface area contributed by atoms with Crippen molar-refractivity contribution < 1.29 is 4.52 Å². The molecule has 16 heavy (non-hydrogen) atoms. The molecule has 4 heteroatoms. The summed E-state index contributed by atoms with van der Waals surface area (Å²) in [5, 5.41) is 4.19. The second kappa shape index (κ2) is 5.46. The number of aromatic nitrogens is 1. The van der Waals surface area contributed by atoms with E-state index in [1.807, 2.05) is 0 Å². The lowest BCUT2D eigenvalue weighted by atomic mass is 10.1. The minimum absolute atomic E-state index is 0.429. The first kappa shape index (κ1) is 11.6. The molecule has 0 bridgehead atoms. The number of hydrogen-bond acceptors (Lipinski definition) is 4. The average molecular weight is 223 g/mol. The summed E-state index contributed by atoms with van der Waals surface area (Å²) in [6, 6.07) is 2.54. The molecule has 0 aromatic carbocycles. The van der Waals surface area contributed by atoms with Crippen molar-refractivity contribution in [2.24, 2.45) is 5.73 Å². The number of hydrogen-bond donors (Lipinski definition) is 1. The van der Waals surface area contributed by atoms with E-state index in [1.165, 1.54) is 12.8 Å². The second-order valence-electron chi connectivity index (χ2n) is 4.45. The molecule has 0 saturated carbocycles. The molecule has 90 valence electrons. The van der Waals surface area contributed by atoms with Crippen molar-refractivity contribution >= 4 is 0 Å². The summed E-state index contributed by atoms with van der Waals surface area (Å²) in [7, 11) is 0. The SMILES string of the molecule is CCCc1cc([C@H]2CCCN2CCN)no1. The topological polar surface area (TPSA) is 55.3 Å². The lowest BCUT2D eigenvalue weighted by Gasteiger charge is -2.21. The largest absolute Gasteiger partial charge is 0.361 e. The Kier molecular flexibility index (Phi) is 3.96. The van der Waals surface area contributed by atoms with Gasteiger partial charge in [-0.2, -0.15) is 0 Å². The molecule has 2 N–H and O–H groups in total. The molecule has 2 rings (SSSR count). The summed E-state index contributed by atoms with van der Waals surface area (Å²) in [5.74, 6) is 1.01. The molecule has 1 fully saturated rings. The Balaban J connectivity index is 2.04. The molecule has 0 spiro atoms. The highest BCUT2D eigenvalue weighted by Crippen LogP contribution is 2.31. The number of nitrogens with zero attached hydrogens (tertiary/aromatic N) is 2. The highest BCUT2D eigenvalue weighted by atomic mass is 16.5. The predicted octanol–water partition coefficient (Wildman–Crippen LogP) is 1.72. The predicted molar refractivity (Wildman–Crippen MR) is 63.1 cm³/mol. The van der Waals surface area contributed by atoms with Crippen LogP contribution in [-0.2, 0) is 6.42 Å². The van der Waals surface area contributed by atoms with Gasteiger partial charge in [-0.1, -0.05) is 12.1 Å². The van der Waals surface area contributed by atoms with Gasteiger partial charge in [-0.25, -0.2) is 0 Å². The quantitative estimate of drug-likeness (QED) is 0.826. The van der Waals surface area contributed by atoms with Gasteiger partial charge in [0.05, 0.1) is 6.04 Å². The van der Waals surface area contributed by atoms with Crippen molar-refractivity contribution in [3.63, 3.8) is 0 Å². The van der Waals surface area contributed by atoms with Crippen LogP contribution in [0.1, 0.15) is 43.7 Å². The zero-order valence-electron chi connectivity index (χ0n) is 9.98. The van der Waals surface area contributed by atoms with Gasteiger partial charge in [-0.15, -0.1) is 0 Å². The molecule has 1 aliphatic heterocycles. The van der Waals surface area contributed by atoms with E-state index >= 15 is 0 Å². The highest BCUT2D eigenvalue weighted by molar-refractivity contribution is 5.11. The zero-order chi connectivity index (χ0) is 11.4. The smallest absolute Gasteiger partial charge is 0.137 e. The fraction of sp³-hybridized carbons (Fsp3) is 0.750. The molecule has 1 aliphatic rings. The van der Waals surface area contributed by atoms with Crippen molar-refractivity contribution in [1.82, 2.24) is 10.1 Å². The van der Waals surface area contributed by atoms with Gasteiger partial charge in [-0.05, 0) is 25.8 Å². The molecule has 0 radical (unpaired) electrons. The monoisotopic (exact) mass is 223 g/mol. The van der Waals surface area contributed by atoms with Crippen LogP contribution in [0, 0.1) is 0 Å². The van der Waals surface area contributed by atoms with Crippen molar-refractivity contribution in [2.45, 2.75) is 38.6 Å². The van der Waals surface area contributed by atoms with Crippen LogP contribution in [0.25, 0.3) is 0 Å². The van der Waals surface area contributed by atoms with Crippen molar-refractivity contribution in [3.8, 4) is 0 Å². The summed E-state index contributed by atoms with van der Waals surface area (Å²) >= 11 is 0. The molecular weight excluding hydrogens is 202 g/mol. The Labute approximate surface area is 96.8 Å². The fourth-order valence-electron chi connectivity index (χ4n) is 2.44. The molecule has 0 amide bonds. The number of likely N-dealkylation sites (tertiary alicyclic amines) is 1. The van der Waals surface area contributed by atoms with Gasteiger partial charge >= 0.3 is 0 Å². The average Bonchev–Trinajstić information content (AvgIpc) is 2.87. The Morgan fingerprint density at radius 2 is 2.50 bits per heavy atom. The minimum atomic E-state index is 0.429. The molecule has 1 aromatic heterocycles. The maximum atomic E-state index is 5.62. The van der Waals surface area contributed by atoms with Crippen LogP contribution in [0.5, 0.6) is 0 Å². The summed E-state index contributed by atoms with van der Waals surface area (Å²) in [6.07, 6.45) is 4.50. The van der Waals surface area contributed by atoms with E-state index in [2.05, 4.69) is 23.0 Å². The van der Waals surface area contributed by atoms with Crippen LogP contribution in [0.2, 0.25) is 0 Å². The van der Waals surface area contributed by atoms with E-state index in [1.54, 1.807) is 0 Å². The molecule has 1 saturated heterocycles. The van der Waals surface area contributed by atoms with Crippen LogP contribution < -0.4 is 5.73 Å². The molecule has 1 aromatic rings. The Bertz CT molecular complexity index is 324. The first-order valence-electron chi connectivity index (χ1n) is 6.24. The highest BCUT2D eigenvalue weighted by Gasteiger charge is 2.27. The third-order valence-corrected chi connectivity index (χ3v) is 3.19. The van der Waals surface area contributed by atoms with E-state index < -0.39 is 0 Å². The van der Waals surface area contributed by atoms with Gasteiger partial charge in [0.2, 0.25) is 0 Å². The van der Waals surface area contributed by atoms with Crippen LogP contribution in [0.3, 0.4) is 0 Å². The third-order valence-electron chi connectivity index (χ3n) is 3.19. The summed E-state index contributed by atoms with van der Waals surface area (Å²) in [4.78, 5) is 2.41. The summed E-state index contributed by atoms with van der Waals surface area (Å²) < 4.78 is 5.34. The van der Waals surface area contributed by atoms with E-state index in [0.29, 0.717) is 6.04 Å². The molecule has 0 aliphatic carbocycles. The maximum absolute atomic E-state index is 5.62. The van der Waals surface area contributed by atoms with E-state index in [4.69, 9.17) is 10.3 Å². The minimum Gasteiger partial charge on any atom is -0.361 e. The van der Waals surface area contributed by atoms with Gasteiger partial charge < -0.3 is 10.3 Å². The second-order valence-corrected chi connectivity index (χ2v) is 4.45. The van der Waals surface area contributed by atoms with Crippen LogP contribution in [-0.4, -0.2) is 29.7 Å². The number of rotatable bonds is 5. The molecule has 1 atom stereocenters. The first-order chi connectivity index (χ1) is 7.85. The standard InChI is InChI=1S/C12H21N3O/c1-2-4-10-9-11(14-16-10)12-5-3-7-15(12)8-6-13/h9,12H,2-8,13H2,1H3/t12-/m1/s1. The summed E-state index contributed by atoms with van der Waals surface area (Å²) in [5.41, 5.74) is 6.71.